The molecule has 3 rings (SSSR count). The number of amides is 1. The second-order valence-electron chi connectivity index (χ2n) is 5.02. The van der Waals surface area contributed by atoms with Crippen LogP contribution in [0.4, 0.5) is 0 Å². The van der Waals surface area contributed by atoms with Crippen molar-refractivity contribution < 1.29 is 9.21 Å². The fourth-order valence-electron chi connectivity index (χ4n) is 2.26. The molecule has 0 aliphatic heterocycles. The molecule has 4 nitrogen and oxygen atoms in total. The van der Waals surface area contributed by atoms with Gasteiger partial charge in [-0.15, -0.1) is 11.3 Å². The minimum absolute atomic E-state index is 0.101. The van der Waals surface area contributed by atoms with Crippen molar-refractivity contribution in [3.8, 4) is 0 Å². The highest BCUT2D eigenvalue weighted by molar-refractivity contribution is 7.16. The number of thiophene rings is 1. The number of allylic oxidation sites excluding steroid dienone is 1. The Kier molecular flexibility index (Phi) is 3.66. The first-order chi connectivity index (χ1) is 10.1. The molecule has 0 atom stereocenters. The van der Waals surface area contributed by atoms with Gasteiger partial charge in [0.1, 0.15) is 16.3 Å². The van der Waals surface area contributed by atoms with E-state index in [4.69, 9.17) is 4.42 Å². The van der Waals surface area contributed by atoms with Crippen molar-refractivity contribution in [3.63, 3.8) is 0 Å². The van der Waals surface area contributed by atoms with E-state index in [9.17, 15) is 4.79 Å². The van der Waals surface area contributed by atoms with Gasteiger partial charge >= 0.3 is 0 Å². The molecule has 0 saturated heterocycles. The summed E-state index contributed by atoms with van der Waals surface area (Å²) in [5.41, 5.74) is 1.67. The van der Waals surface area contributed by atoms with Crippen molar-refractivity contribution in [1.29, 1.82) is 0 Å². The first kappa shape index (κ1) is 13.7. The van der Waals surface area contributed by atoms with Crippen LogP contribution in [0.1, 0.15) is 23.2 Å². The van der Waals surface area contributed by atoms with Crippen LogP contribution >= 0.6 is 11.3 Å². The normalized spacial score (nSPS) is 10.9. The molecule has 3 aromatic heterocycles. The summed E-state index contributed by atoms with van der Waals surface area (Å²) in [5, 5.41) is 6.01. The zero-order valence-electron chi connectivity index (χ0n) is 11.8. The van der Waals surface area contributed by atoms with Crippen LogP contribution in [-0.2, 0) is 13.1 Å². The molecule has 108 valence electrons. The molecule has 0 aliphatic rings. The van der Waals surface area contributed by atoms with Gasteiger partial charge < -0.3 is 14.3 Å². The number of rotatable bonds is 5. The Balaban J connectivity index is 1.86. The molecule has 0 radical (unpaired) electrons. The minimum atomic E-state index is -0.101. The Morgan fingerprint density at radius 3 is 3.05 bits per heavy atom. The molecule has 0 saturated carbocycles. The zero-order chi connectivity index (χ0) is 14.8. The van der Waals surface area contributed by atoms with Gasteiger partial charge in [0.15, 0.2) is 0 Å². The van der Waals surface area contributed by atoms with E-state index < -0.39 is 0 Å². The number of furan rings is 1. The summed E-state index contributed by atoms with van der Waals surface area (Å²) in [6, 6.07) is 7.59. The average Bonchev–Trinajstić information content (AvgIpc) is 3.13. The molecule has 0 aromatic carbocycles. The summed E-state index contributed by atoms with van der Waals surface area (Å²) in [6.07, 6.45) is 1.60. The van der Waals surface area contributed by atoms with Gasteiger partial charge in [-0.25, -0.2) is 0 Å². The highest BCUT2D eigenvalue weighted by Crippen LogP contribution is 2.26. The molecule has 0 fully saturated rings. The lowest BCUT2D eigenvalue weighted by Gasteiger charge is -2.09. The van der Waals surface area contributed by atoms with Gasteiger partial charge in [-0.3, -0.25) is 4.79 Å². The number of carbonyl (C=O) groups excluding carboxylic acids is 1. The molecular formula is C16H16N2O2S. The lowest BCUT2D eigenvalue weighted by molar-refractivity contribution is 0.0939. The summed E-state index contributed by atoms with van der Waals surface area (Å²) in [4.78, 5) is 13.5. The van der Waals surface area contributed by atoms with Gasteiger partial charge in [0, 0.05) is 11.9 Å². The largest absolute Gasteiger partial charge is 0.467 e. The number of nitrogens with zero attached hydrogens (tertiary/aromatic N) is 1. The second kappa shape index (κ2) is 5.61. The number of hydrogen-bond donors (Lipinski definition) is 1. The van der Waals surface area contributed by atoms with Crippen LogP contribution < -0.4 is 5.32 Å². The Morgan fingerprint density at radius 2 is 2.33 bits per heavy atom. The monoisotopic (exact) mass is 300 g/mol. The molecule has 5 heteroatoms. The first-order valence-electron chi connectivity index (χ1n) is 6.67. The molecule has 21 heavy (non-hydrogen) atoms. The van der Waals surface area contributed by atoms with Crippen LogP contribution in [0.5, 0.6) is 0 Å². The molecule has 0 bridgehead atoms. The fourth-order valence-corrected chi connectivity index (χ4v) is 3.16. The first-order valence-corrected chi connectivity index (χ1v) is 7.55. The third-order valence-corrected chi connectivity index (χ3v) is 4.12. The highest BCUT2D eigenvalue weighted by Gasteiger charge is 2.16. The minimum Gasteiger partial charge on any atom is -0.467 e. The van der Waals surface area contributed by atoms with E-state index in [1.807, 2.05) is 35.1 Å². The van der Waals surface area contributed by atoms with Crippen LogP contribution in [0, 0.1) is 0 Å². The summed E-state index contributed by atoms with van der Waals surface area (Å²) in [5.74, 6) is 0.638. The van der Waals surface area contributed by atoms with Crippen LogP contribution in [0.3, 0.4) is 0 Å². The summed E-state index contributed by atoms with van der Waals surface area (Å²) < 4.78 is 7.24. The smallest absolute Gasteiger partial charge is 0.268 e. The van der Waals surface area contributed by atoms with Crippen molar-refractivity contribution in [3.05, 3.63) is 59.5 Å². The van der Waals surface area contributed by atoms with E-state index >= 15 is 0 Å². The lowest BCUT2D eigenvalue weighted by atomic mass is 10.3. The molecule has 3 aromatic rings. The molecule has 0 unspecified atom stereocenters. The van der Waals surface area contributed by atoms with Crippen LogP contribution in [-0.4, -0.2) is 10.5 Å². The SMILES string of the molecule is C=C(C)Cn1c(C(=O)NCc2ccco2)cc2ccsc21. The van der Waals surface area contributed by atoms with Gasteiger partial charge in [-0.05, 0) is 36.6 Å². The van der Waals surface area contributed by atoms with Gasteiger partial charge in [-0.1, -0.05) is 12.2 Å². The molecule has 0 aliphatic carbocycles. The van der Waals surface area contributed by atoms with Crippen molar-refractivity contribution in [2.75, 3.05) is 0 Å². The van der Waals surface area contributed by atoms with Gasteiger partial charge in [0.05, 0.1) is 12.8 Å². The third-order valence-electron chi connectivity index (χ3n) is 3.17. The predicted octanol–water partition coefficient (Wildman–Crippen LogP) is 3.80. The van der Waals surface area contributed by atoms with Crippen LogP contribution in [0.15, 0.2) is 52.5 Å². The third kappa shape index (κ3) is 2.78. The van der Waals surface area contributed by atoms with Gasteiger partial charge in [-0.2, -0.15) is 0 Å². The fraction of sp³-hybridized carbons (Fsp3) is 0.188. The van der Waals surface area contributed by atoms with Crippen molar-refractivity contribution in [2.24, 2.45) is 0 Å². The predicted molar refractivity (Wildman–Crippen MR) is 84.5 cm³/mol. The van der Waals surface area contributed by atoms with Crippen LogP contribution in [0.2, 0.25) is 0 Å². The number of fused-ring (bicyclic) bond motifs is 1. The number of aromatic nitrogens is 1. The topological polar surface area (TPSA) is 47.2 Å². The number of nitrogens with one attached hydrogen (secondary N) is 1. The molecule has 1 N–H and O–H groups in total. The Hall–Kier alpha value is -2.27. The van der Waals surface area contributed by atoms with E-state index in [-0.39, 0.29) is 5.91 Å². The highest BCUT2D eigenvalue weighted by atomic mass is 32.1. The van der Waals surface area contributed by atoms with Crippen molar-refractivity contribution in [2.45, 2.75) is 20.0 Å². The van der Waals surface area contributed by atoms with E-state index in [1.165, 1.54) is 0 Å². The Bertz CT molecular complexity index is 781. The molecule has 3 heterocycles. The molecular weight excluding hydrogens is 284 g/mol. The van der Waals surface area contributed by atoms with Gasteiger partial charge in [0.25, 0.3) is 5.91 Å². The molecule has 1 amide bonds. The number of hydrogen-bond acceptors (Lipinski definition) is 3. The maximum atomic E-state index is 12.4. The van der Waals surface area contributed by atoms with E-state index in [2.05, 4.69) is 11.9 Å². The lowest BCUT2D eigenvalue weighted by Crippen LogP contribution is -2.25. The van der Waals surface area contributed by atoms with Gasteiger partial charge in [0.2, 0.25) is 0 Å². The second-order valence-corrected chi connectivity index (χ2v) is 5.91. The summed E-state index contributed by atoms with van der Waals surface area (Å²) in [6.45, 7) is 6.94. The van der Waals surface area contributed by atoms with Crippen LogP contribution in [0.25, 0.3) is 10.2 Å². The maximum absolute atomic E-state index is 12.4. The van der Waals surface area contributed by atoms with E-state index in [0.717, 1.165) is 21.5 Å². The van der Waals surface area contributed by atoms with E-state index in [1.54, 1.807) is 23.7 Å². The summed E-state index contributed by atoms with van der Waals surface area (Å²) >= 11 is 1.63. The van der Waals surface area contributed by atoms with Crippen molar-refractivity contribution >= 4 is 27.5 Å². The van der Waals surface area contributed by atoms with E-state index in [0.29, 0.717) is 18.8 Å². The zero-order valence-corrected chi connectivity index (χ0v) is 12.6. The Morgan fingerprint density at radius 1 is 1.48 bits per heavy atom. The maximum Gasteiger partial charge on any atom is 0.268 e. The standard InChI is InChI=1S/C16H16N2O2S/c1-11(2)10-18-14(8-12-5-7-21-16(12)18)15(19)17-9-13-4-3-6-20-13/h3-8H,1,9-10H2,2H3,(H,17,19). The summed E-state index contributed by atoms with van der Waals surface area (Å²) in [7, 11) is 0. The van der Waals surface area contributed by atoms with Crippen molar-refractivity contribution in [1.82, 2.24) is 9.88 Å². The Labute approximate surface area is 126 Å². The quantitative estimate of drug-likeness (QED) is 0.728. The molecule has 0 spiro atoms. The number of carbonyl (C=O) groups is 1. The average molecular weight is 300 g/mol.